The van der Waals surface area contributed by atoms with E-state index in [2.05, 4.69) is 0 Å². The van der Waals surface area contributed by atoms with Crippen LogP contribution in [0.25, 0.3) is 0 Å². The quantitative estimate of drug-likeness (QED) is 0.340. The number of aliphatic hydroxyl groups is 3. The molecule has 4 heteroatoms. The normalized spacial score (nSPS) is 17.8. The molecule has 0 spiro atoms. The second-order valence-electron chi connectivity index (χ2n) is 3.83. The van der Waals surface area contributed by atoms with Crippen LogP contribution in [0.4, 0.5) is 0 Å². The van der Waals surface area contributed by atoms with Crippen LogP contribution in [0.5, 0.6) is 0 Å². The van der Waals surface area contributed by atoms with Crippen LogP contribution in [0.2, 0.25) is 0 Å². The van der Waals surface area contributed by atoms with Gasteiger partial charge in [-0.25, -0.2) is 0 Å². The van der Waals surface area contributed by atoms with Gasteiger partial charge in [-0.3, -0.25) is 0 Å². The van der Waals surface area contributed by atoms with E-state index in [1.807, 2.05) is 6.92 Å². The highest BCUT2D eigenvalue weighted by Gasteiger charge is 2.29. The summed E-state index contributed by atoms with van der Waals surface area (Å²) >= 11 is 0. The zero-order valence-corrected chi connectivity index (χ0v) is 8.95. The summed E-state index contributed by atoms with van der Waals surface area (Å²) in [5.41, 5.74) is 4.10. The Morgan fingerprint density at radius 1 is 1.29 bits per heavy atom. The zero-order chi connectivity index (χ0) is 11.0. The van der Waals surface area contributed by atoms with Gasteiger partial charge in [-0.1, -0.05) is 13.3 Å². The Morgan fingerprint density at radius 3 is 2.43 bits per heavy atom. The molecule has 2 atom stereocenters. The van der Waals surface area contributed by atoms with Gasteiger partial charge in [0.05, 0.1) is 6.10 Å². The molecular formula is C10H23NO3. The summed E-state index contributed by atoms with van der Waals surface area (Å²) in [6.45, 7) is 2.12. The fraction of sp³-hybridized carbons (Fsp3) is 1.00. The molecular weight excluding hydrogens is 182 g/mol. The smallest absolute Gasteiger partial charge is 0.139 e. The lowest BCUT2D eigenvalue weighted by molar-refractivity contribution is -0.0812. The fourth-order valence-corrected chi connectivity index (χ4v) is 1.33. The maximum absolute atomic E-state index is 9.68. The Kier molecular flexibility index (Phi) is 7.09. The molecule has 5 N–H and O–H groups in total. The van der Waals surface area contributed by atoms with Crippen LogP contribution in [0, 0.1) is 0 Å². The van der Waals surface area contributed by atoms with E-state index in [-0.39, 0.29) is 6.61 Å². The van der Waals surface area contributed by atoms with Gasteiger partial charge in [-0.15, -0.1) is 0 Å². The van der Waals surface area contributed by atoms with Gasteiger partial charge >= 0.3 is 0 Å². The average molecular weight is 205 g/mol. The van der Waals surface area contributed by atoms with Gasteiger partial charge in [0, 0.05) is 6.61 Å². The van der Waals surface area contributed by atoms with Gasteiger partial charge in [0.15, 0.2) is 0 Å². The van der Waals surface area contributed by atoms with Gasteiger partial charge in [-0.2, -0.15) is 0 Å². The van der Waals surface area contributed by atoms with E-state index in [4.69, 9.17) is 10.8 Å². The Bertz CT molecular complexity index is 139. The maximum atomic E-state index is 9.68. The highest BCUT2D eigenvalue weighted by Crippen LogP contribution is 2.17. The molecule has 0 aliphatic carbocycles. The van der Waals surface area contributed by atoms with E-state index >= 15 is 0 Å². The Labute approximate surface area is 85.7 Å². The van der Waals surface area contributed by atoms with Gasteiger partial charge in [0.25, 0.3) is 0 Å². The second kappa shape index (κ2) is 7.17. The molecule has 4 nitrogen and oxygen atoms in total. The van der Waals surface area contributed by atoms with Crippen molar-refractivity contribution in [3.8, 4) is 0 Å². The molecule has 0 fully saturated rings. The third kappa shape index (κ3) is 5.54. The first kappa shape index (κ1) is 13.8. The molecule has 0 radical (unpaired) electrons. The summed E-state index contributed by atoms with van der Waals surface area (Å²) in [6.07, 6.45) is 3.05. The highest BCUT2D eigenvalue weighted by atomic mass is 16.4. The monoisotopic (exact) mass is 205 g/mol. The molecule has 0 amide bonds. The standard InChI is InChI=1S/C10H23NO3/c1-2-3-7-10(11,14)9(13)6-4-5-8-12/h9,12-14H,2-8,11H2,1H3. The molecule has 0 rings (SSSR count). The third-order valence-electron chi connectivity index (χ3n) is 2.39. The van der Waals surface area contributed by atoms with Gasteiger partial charge in [0.1, 0.15) is 5.72 Å². The molecule has 0 aromatic heterocycles. The third-order valence-corrected chi connectivity index (χ3v) is 2.39. The minimum absolute atomic E-state index is 0.116. The minimum atomic E-state index is -1.47. The van der Waals surface area contributed by atoms with Crippen LogP contribution < -0.4 is 5.73 Å². The second-order valence-corrected chi connectivity index (χ2v) is 3.83. The minimum Gasteiger partial charge on any atom is -0.396 e. The van der Waals surface area contributed by atoms with Crippen LogP contribution in [0.15, 0.2) is 0 Å². The highest BCUT2D eigenvalue weighted by molar-refractivity contribution is 4.79. The van der Waals surface area contributed by atoms with Crippen molar-refractivity contribution in [3.63, 3.8) is 0 Å². The Balaban J connectivity index is 3.75. The summed E-state index contributed by atoms with van der Waals surface area (Å²) in [6, 6.07) is 0. The molecule has 0 aromatic carbocycles. The number of aliphatic hydroxyl groups excluding tert-OH is 2. The van der Waals surface area contributed by atoms with Gasteiger partial charge < -0.3 is 21.1 Å². The van der Waals surface area contributed by atoms with E-state index in [1.54, 1.807) is 0 Å². The Morgan fingerprint density at radius 2 is 1.93 bits per heavy atom. The van der Waals surface area contributed by atoms with E-state index in [1.165, 1.54) is 0 Å². The lowest BCUT2D eigenvalue weighted by Gasteiger charge is -2.28. The van der Waals surface area contributed by atoms with E-state index in [0.717, 1.165) is 12.8 Å². The Hall–Kier alpha value is -0.160. The van der Waals surface area contributed by atoms with Crippen molar-refractivity contribution in [2.75, 3.05) is 6.61 Å². The molecule has 0 aliphatic heterocycles. The van der Waals surface area contributed by atoms with Crippen molar-refractivity contribution in [1.29, 1.82) is 0 Å². The predicted octanol–water partition coefficient (Wildman–Crippen LogP) is 0.347. The number of hydrogen-bond donors (Lipinski definition) is 4. The lowest BCUT2D eigenvalue weighted by atomic mass is 9.96. The SMILES string of the molecule is CCCCC(N)(O)C(O)CCCCO. The van der Waals surface area contributed by atoms with Gasteiger partial charge in [0.2, 0.25) is 0 Å². The van der Waals surface area contributed by atoms with Crippen molar-refractivity contribution in [2.24, 2.45) is 5.73 Å². The van der Waals surface area contributed by atoms with E-state index < -0.39 is 11.8 Å². The summed E-state index contributed by atoms with van der Waals surface area (Å²) < 4.78 is 0. The van der Waals surface area contributed by atoms with Crippen LogP contribution >= 0.6 is 0 Å². The fourth-order valence-electron chi connectivity index (χ4n) is 1.33. The molecule has 0 aliphatic rings. The summed E-state index contributed by atoms with van der Waals surface area (Å²) in [4.78, 5) is 0. The number of nitrogens with two attached hydrogens (primary N) is 1. The molecule has 86 valence electrons. The largest absolute Gasteiger partial charge is 0.396 e. The lowest BCUT2D eigenvalue weighted by Crippen LogP contribution is -2.50. The van der Waals surface area contributed by atoms with E-state index in [0.29, 0.717) is 25.7 Å². The van der Waals surface area contributed by atoms with Crippen LogP contribution in [-0.4, -0.2) is 33.8 Å². The molecule has 0 saturated heterocycles. The molecule has 2 unspecified atom stereocenters. The van der Waals surface area contributed by atoms with Crippen molar-refractivity contribution in [3.05, 3.63) is 0 Å². The van der Waals surface area contributed by atoms with Crippen LogP contribution in [0.1, 0.15) is 45.4 Å². The topological polar surface area (TPSA) is 86.7 Å². The first-order valence-corrected chi connectivity index (χ1v) is 5.34. The number of rotatable bonds is 8. The molecule has 0 aromatic rings. The van der Waals surface area contributed by atoms with Crippen molar-refractivity contribution >= 4 is 0 Å². The summed E-state index contributed by atoms with van der Waals surface area (Å²) in [5, 5.41) is 27.8. The summed E-state index contributed by atoms with van der Waals surface area (Å²) in [5.74, 6) is 0. The molecule has 0 saturated carbocycles. The summed E-state index contributed by atoms with van der Waals surface area (Å²) in [7, 11) is 0. The first-order chi connectivity index (χ1) is 6.54. The van der Waals surface area contributed by atoms with Crippen molar-refractivity contribution in [1.82, 2.24) is 0 Å². The van der Waals surface area contributed by atoms with E-state index in [9.17, 15) is 10.2 Å². The first-order valence-electron chi connectivity index (χ1n) is 5.34. The maximum Gasteiger partial charge on any atom is 0.139 e. The predicted molar refractivity (Wildman–Crippen MR) is 55.6 cm³/mol. The van der Waals surface area contributed by atoms with Crippen LogP contribution in [0.3, 0.4) is 0 Å². The zero-order valence-electron chi connectivity index (χ0n) is 8.95. The van der Waals surface area contributed by atoms with Crippen molar-refractivity contribution in [2.45, 2.75) is 57.3 Å². The molecule has 0 heterocycles. The number of unbranched alkanes of at least 4 members (excludes halogenated alkanes) is 2. The van der Waals surface area contributed by atoms with Gasteiger partial charge in [-0.05, 0) is 32.1 Å². The average Bonchev–Trinajstić information content (AvgIpc) is 2.15. The van der Waals surface area contributed by atoms with Crippen molar-refractivity contribution < 1.29 is 15.3 Å². The van der Waals surface area contributed by atoms with Crippen LogP contribution in [-0.2, 0) is 0 Å². The molecule has 0 bridgehead atoms. The molecule has 14 heavy (non-hydrogen) atoms. The number of hydrogen-bond acceptors (Lipinski definition) is 4.